The van der Waals surface area contributed by atoms with Gasteiger partial charge in [-0.15, -0.1) is 0 Å². The normalized spacial score (nSPS) is 39.1. The van der Waals surface area contributed by atoms with Crippen molar-refractivity contribution in [3.05, 3.63) is 24.3 Å². The summed E-state index contributed by atoms with van der Waals surface area (Å²) in [7, 11) is 2.14. The van der Waals surface area contributed by atoms with Gasteiger partial charge in [-0.3, -0.25) is 9.69 Å². The van der Waals surface area contributed by atoms with Gasteiger partial charge in [0.25, 0.3) is 0 Å². The third-order valence-electron chi connectivity index (χ3n) is 5.21. The first-order valence-corrected chi connectivity index (χ1v) is 7.60. The van der Waals surface area contributed by atoms with Gasteiger partial charge < -0.3 is 10.0 Å². The smallest absolute Gasteiger partial charge is 0.321 e. The Hall–Kier alpha value is -1.13. The van der Waals surface area contributed by atoms with Crippen molar-refractivity contribution < 1.29 is 9.90 Å². The van der Waals surface area contributed by atoms with Crippen LogP contribution in [0.5, 0.6) is 0 Å². The lowest BCUT2D eigenvalue weighted by Gasteiger charge is -2.36. The lowest BCUT2D eigenvalue weighted by atomic mass is 9.83. The molecule has 2 saturated heterocycles. The summed E-state index contributed by atoms with van der Waals surface area (Å²) in [6.07, 6.45) is 9.36. The average molecular weight is 276 g/mol. The number of nitrogens with zero attached hydrogens (tertiary/aromatic N) is 2. The lowest BCUT2D eigenvalue weighted by molar-refractivity contribution is -0.145. The Bertz CT molecular complexity index is 446. The Balaban J connectivity index is 1.83. The van der Waals surface area contributed by atoms with Crippen molar-refractivity contribution in [1.82, 2.24) is 9.80 Å². The van der Waals surface area contributed by atoms with Crippen LogP contribution >= 0.6 is 0 Å². The number of rotatable bonds is 3. The van der Waals surface area contributed by atoms with Crippen molar-refractivity contribution in [2.75, 3.05) is 26.7 Å². The molecular weight excluding hydrogens is 252 g/mol. The van der Waals surface area contributed by atoms with Crippen LogP contribution in [-0.2, 0) is 4.79 Å². The number of hydrogen-bond acceptors (Lipinski definition) is 3. The van der Waals surface area contributed by atoms with Crippen molar-refractivity contribution >= 4 is 5.97 Å². The highest BCUT2D eigenvalue weighted by atomic mass is 16.4. The Morgan fingerprint density at radius 1 is 1.30 bits per heavy atom. The lowest BCUT2D eigenvalue weighted by Crippen LogP contribution is -2.51. The Morgan fingerprint density at radius 2 is 2.05 bits per heavy atom. The Labute approximate surface area is 120 Å². The zero-order valence-electron chi connectivity index (χ0n) is 12.3. The highest BCUT2D eigenvalue weighted by Gasteiger charge is 2.47. The van der Waals surface area contributed by atoms with E-state index in [1.807, 2.05) is 12.2 Å². The first-order valence-electron chi connectivity index (χ1n) is 7.60. The van der Waals surface area contributed by atoms with Gasteiger partial charge in [0.05, 0.1) is 0 Å². The maximum absolute atomic E-state index is 11.9. The van der Waals surface area contributed by atoms with Crippen LogP contribution in [0.2, 0.25) is 0 Å². The predicted molar refractivity (Wildman–Crippen MR) is 78.5 cm³/mol. The second-order valence-electron chi connectivity index (χ2n) is 6.56. The van der Waals surface area contributed by atoms with E-state index in [0.29, 0.717) is 17.9 Å². The molecule has 1 N–H and O–H groups in total. The monoisotopic (exact) mass is 276 g/mol. The molecule has 0 amide bonds. The van der Waals surface area contributed by atoms with E-state index in [2.05, 4.69) is 35.9 Å². The highest BCUT2D eigenvalue weighted by Crippen LogP contribution is 2.36. The summed E-state index contributed by atoms with van der Waals surface area (Å²) in [6, 6.07) is 0.0420. The van der Waals surface area contributed by atoms with Gasteiger partial charge in [-0.1, -0.05) is 31.2 Å². The summed E-state index contributed by atoms with van der Waals surface area (Å²) in [5.74, 6) is 0.360. The molecule has 0 spiro atoms. The molecule has 0 aromatic rings. The van der Waals surface area contributed by atoms with Crippen molar-refractivity contribution in [2.24, 2.45) is 17.8 Å². The van der Waals surface area contributed by atoms with E-state index in [0.717, 1.165) is 26.1 Å². The van der Waals surface area contributed by atoms with Gasteiger partial charge in [-0.05, 0) is 31.8 Å². The molecule has 0 aromatic carbocycles. The van der Waals surface area contributed by atoms with Gasteiger partial charge in [0.2, 0.25) is 0 Å². The minimum Gasteiger partial charge on any atom is -0.480 e. The number of carbonyl (C=O) groups is 1. The number of likely N-dealkylation sites (tertiary alicyclic amines) is 2. The molecule has 2 fully saturated rings. The largest absolute Gasteiger partial charge is 0.480 e. The molecule has 4 heteroatoms. The number of fused-ring (bicyclic) bond motifs is 1. The van der Waals surface area contributed by atoms with Crippen molar-refractivity contribution in [2.45, 2.75) is 25.4 Å². The molecule has 5 atom stereocenters. The molecule has 3 aliphatic rings. The first kappa shape index (κ1) is 13.8. The van der Waals surface area contributed by atoms with E-state index < -0.39 is 5.97 Å². The van der Waals surface area contributed by atoms with E-state index in [9.17, 15) is 9.90 Å². The SMILES string of the molecule is CC1C=CC=CC1C(C(=O)O)N1CCC2CN(C)CC21. The second kappa shape index (κ2) is 5.34. The molecule has 20 heavy (non-hydrogen) atoms. The van der Waals surface area contributed by atoms with E-state index in [1.165, 1.54) is 0 Å². The van der Waals surface area contributed by atoms with E-state index in [-0.39, 0.29) is 12.0 Å². The predicted octanol–water partition coefficient (Wildman–Crippen LogP) is 1.45. The maximum Gasteiger partial charge on any atom is 0.321 e. The second-order valence-corrected chi connectivity index (χ2v) is 6.56. The van der Waals surface area contributed by atoms with Crippen LogP contribution in [0.25, 0.3) is 0 Å². The molecule has 2 aliphatic heterocycles. The van der Waals surface area contributed by atoms with Gasteiger partial charge in [-0.25, -0.2) is 0 Å². The molecule has 0 aromatic heterocycles. The fourth-order valence-corrected chi connectivity index (χ4v) is 4.21. The first-order chi connectivity index (χ1) is 9.58. The molecule has 110 valence electrons. The summed E-state index contributed by atoms with van der Waals surface area (Å²) in [5.41, 5.74) is 0. The standard InChI is InChI=1S/C16H24N2O2/c1-11-5-3-4-6-13(11)15(16(19)20)18-8-7-12-9-17(2)10-14(12)18/h3-6,11-15H,7-10H2,1-2H3,(H,19,20). The summed E-state index contributed by atoms with van der Waals surface area (Å²) < 4.78 is 0. The number of hydrogen-bond donors (Lipinski definition) is 1. The minimum absolute atomic E-state index is 0.0853. The van der Waals surface area contributed by atoms with Crippen LogP contribution in [0.3, 0.4) is 0 Å². The number of likely N-dealkylation sites (N-methyl/N-ethyl adjacent to an activating group) is 1. The van der Waals surface area contributed by atoms with Gasteiger partial charge in [0, 0.05) is 25.0 Å². The summed E-state index contributed by atoms with van der Waals surface area (Å²) in [5, 5.41) is 9.78. The van der Waals surface area contributed by atoms with E-state index in [1.54, 1.807) is 0 Å². The highest BCUT2D eigenvalue weighted by molar-refractivity contribution is 5.74. The number of carboxylic acid groups (broad SMARTS) is 1. The molecular formula is C16H24N2O2. The summed E-state index contributed by atoms with van der Waals surface area (Å²) >= 11 is 0. The van der Waals surface area contributed by atoms with E-state index in [4.69, 9.17) is 0 Å². The summed E-state index contributed by atoms with van der Waals surface area (Å²) in [4.78, 5) is 16.5. The molecule has 2 heterocycles. The third-order valence-corrected chi connectivity index (χ3v) is 5.21. The molecule has 5 unspecified atom stereocenters. The number of allylic oxidation sites excluding steroid dienone is 3. The summed E-state index contributed by atoms with van der Waals surface area (Å²) in [6.45, 7) is 5.18. The molecule has 4 nitrogen and oxygen atoms in total. The number of aliphatic carboxylic acids is 1. The zero-order valence-corrected chi connectivity index (χ0v) is 12.3. The van der Waals surface area contributed by atoms with E-state index >= 15 is 0 Å². The molecule has 1 aliphatic carbocycles. The quantitative estimate of drug-likeness (QED) is 0.847. The van der Waals surface area contributed by atoms with Gasteiger partial charge >= 0.3 is 5.97 Å². The van der Waals surface area contributed by atoms with Crippen LogP contribution < -0.4 is 0 Å². The van der Waals surface area contributed by atoms with Gasteiger partial charge in [0.1, 0.15) is 6.04 Å². The van der Waals surface area contributed by atoms with Crippen molar-refractivity contribution in [3.8, 4) is 0 Å². The fraction of sp³-hybridized carbons (Fsp3) is 0.688. The number of carboxylic acids is 1. The Kier molecular flexibility index (Phi) is 3.69. The van der Waals surface area contributed by atoms with Crippen LogP contribution in [0.4, 0.5) is 0 Å². The molecule has 0 saturated carbocycles. The van der Waals surface area contributed by atoms with Crippen molar-refractivity contribution in [1.29, 1.82) is 0 Å². The van der Waals surface area contributed by atoms with Crippen molar-refractivity contribution in [3.63, 3.8) is 0 Å². The maximum atomic E-state index is 11.9. The average Bonchev–Trinajstić information content (AvgIpc) is 2.92. The molecule has 0 bridgehead atoms. The zero-order chi connectivity index (χ0) is 14.3. The van der Waals surface area contributed by atoms with Gasteiger partial charge in [-0.2, -0.15) is 0 Å². The van der Waals surface area contributed by atoms with Crippen LogP contribution in [0.1, 0.15) is 13.3 Å². The van der Waals surface area contributed by atoms with Crippen LogP contribution in [0, 0.1) is 17.8 Å². The topological polar surface area (TPSA) is 43.8 Å². The van der Waals surface area contributed by atoms with Crippen LogP contribution in [0.15, 0.2) is 24.3 Å². The van der Waals surface area contributed by atoms with Gasteiger partial charge in [0.15, 0.2) is 0 Å². The van der Waals surface area contributed by atoms with Crippen LogP contribution in [-0.4, -0.2) is 59.6 Å². The fourth-order valence-electron chi connectivity index (χ4n) is 4.21. The Morgan fingerprint density at radius 3 is 2.75 bits per heavy atom. The third kappa shape index (κ3) is 2.31. The molecule has 0 radical (unpaired) electrons. The minimum atomic E-state index is -0.669. The molecule has 3 rings (SSSR count).